The molecule has 0 aromatic heterocycles. The highest BCUT2D eigenvalue weighted by Gasteiger charge is 2.10. The number of nitrogens with one attached hydrogen (secondary N) is 1. The topological polar surface area (TPSA) is 38.3 Å². The second-order valence-electron chi connectivity index (χ2n) is 3.78. The number of benzene rings is 1. The van der Waals surface area contributed by atoms with E-state index in [2.05, 4.69) is 5.32 Å². The standard InChI is InChI=1S/C13H19NO2/c1-4-16-9-13(15)14-11(3)12-8-6-5-7-10(12)2/h5-8,11H,4,9H2,1-3H3,(H,14,15)/t11-/m0/s1. The van der Waals surface area contributed by atoms with Crippen molar-refractivity contribution in [3.05, 3.63) is 35.4 Å². The summed E-state index contributed by atoms with van der Waals surface area (Å²) in [5.74, 6) is -0.0717. The van der Waals surface area contributed by atoms with Gasteiger partial charge < -0.3 is 10.1 Å². The van der Waals surface area contributed by atoms with Crippen molar-refractivity contribution in [2.45, 2.75) is 26.8 Å². The summed E-state index contributed by atoms with van der Waals surface area (Å²) in [7, 11) is 0. The highest BCUT2D eigenvalue weighted by atomic mass is 16.5. The highest BCUT2D eigenvalue weighted by molar-refractivity contribution is 5.77. The minimum absolute atomic E-state index is 0.0224. The molecule has 3 nitrogen and oxygen atoms in total. The van der Waals surface area contributed by atoms with E-state index in [-0.39, 0.29) is 18.6 Å². The lowest BCUT2D eigenvalue weighted by atomic mass is 10.0. The maximum Gasteiger partial charge on any atom is 0.246 e. The third-order valence-electron chi connectivity index (χ3n) is 2.47. The van der Waals surface area contributed by atoms with Crippen molar-refractivity contribution < 1.29 is 9.53 Å². The first kappa shape index (κ1) is 12.7. The van der Waals surface area contributed by atoms with Gasteiger partial charge in [0.1, 0.15) is 6.61 Å². The number of ether oxygens (including phenoxy) is 1. The monoisotopic (exact) mass is 221 g/mol. The molecule has 0 aliphatic rings. The van der Waals surface area contributed by atoms with Crippen LogP contribution in [0.25, 0.3) is 0 Å². The summed E-state index contributed by atoms with van der Waals surface area (Å²) in [6.45, 7) is 6.59. The average Bonchev–Trinajstić information content (AvgIpc) is 2.26. The van der Waals surface area contributed by atoms with Crippen LogP contribution in [-0.4, -0.2) is 19.1 Å². The van der Waals surface area contributed by atoms with Gasteiger partial charge in [-0.05, 0) is 31.9 Å². The number of rotatable bonds is 5. The molecule has 1 rings (SSSR count). The summed E-state index contributed by atoms with van der Waals surface area (Å²) in [4.78, 5) is 11.5. The fraction of sp³-hybridized carbons (Fsp3) is 0.462. The average molecular weight is 221 g/mol. The Hall–Kier alpha value is -1.35. The highest BCUT2D eigenvalue weighted by Crippen LogP contribution is 2.16. The van der Waals surface area contributed by atoms with Crippen LogP contribution in [0.3, 0.4) is 0 Å². The second kappa shape index (κ2) is 6.28. The van der Waals surface area contributed by atoms with E-state index in [1.165, 1.54) is 5.56 Å². The van der Waals surface area contributed by atoms with Gasteiger partial charge in [-0.25, -0.2) is 0 Å². The number of hydrogen-bond acceptors (Lipinski definition) is 2. The van der Waals surface area contributed by atoms with Crippen LogP contribution in [0.15, 0.2) is 24.3 Å². The quantitative estimate of drug-likeness (QED) is 0.827. The van der Waals surface area contributed by atoms with Gasteiger partial charge in [0.15, 0.2) is 0 Å². The van der Waals surface area contributed by atoms with Crippen molar-refractivity contribution in [1.29, 1.82) is 0 Å². The Balaban J connectivity index is 2.55. The summed E-state index contributed by atoms with van der Waals surface area (Å²) in [6.07, 6.45) is 0. The number of aryl methyl sites for hydroxylation is 1. The Bertz CT molecular complexity index is 350. The number of carbonyl (C=O) groups is 1. The molecule has 1 atom stereocenters. The molecule has 0 spiro atoms. The Morgan fingerprint density at radius 2 is 2.12 bits per heavy atom. The van der Waals surface area contributed by atoms with Gasteiger partial charge in [-0.3, -0.25) is 4.79 Å². The fourth-order valence-electron chi connectivity index (χ4n) is 1.63. The molecule has 1 amide bonds. The zero-order chi connectivity index (χ0) is 12.0. The maximum absolute atomic E-state index is 11.5. The van der Waals surface area contributed by atoms with Gasteiger partial charge >= 0.3 is 0 Å². The molecule has 1 aromatic rings. The van der Waals surface area contributed by atoms with Gasteiger partial charge in [-0.15, -0.1) is 0 Å². The zero-order valence-electron chi connectivity index (χ0n) is 10.1. The van der Waals surface area contributed by atoms with E-state index < -0.39 is 0 Å². The Morgan fingerprint density at radius 3 is 2.75 bits per heavy atom. The van der Waals surface area contributed by atoms with Crippen LogP contribution >= 0.6 is 0 Å². The van der Waals surface area contributed by atoms with Crippen molar-refractivity contribution in [2.24, 2.45) is 0 Å². The Morgan fingerprint density at radius 1 is 1.44 bits per heavy atom. The first-order valence-corrected chi connectivity index (χ1v) is 5.57. The minimum atomic E-state index is -0.0717. The molecule has 0 radical (unpaired) electrons. The maximum atomic E-state index is 11.5. The molecule has 0 aliphatic heterocycles. The first-order chi connectivity index (χ1) is 7.65. The number of carbonyl (C=O) groups excluding carboxylic acids is 1. The summed E-state index contributed by atoms with van der Waals surface area (Å²) >= 11 is 0. The van der Waals surface area contributed by atoms with Crippen LogP contribution in [0.4, 0.5) is 0 Å². The van der Waals surface area contributed by atoms with Gasteiger partial charge in [0.2, 0.25) is 5.91 Å². The molecule has 0 aliphatic carbocycles. The van der Waals surface area contributed by atoms with E-state index in [0.717, 1.165) is 5.56 Å². The smallest absolute Gasteiger partial charge is 0.246 e. The summed E-state index contributed by atoms with van der Waals surface area (Å²) < 4.78 is 5.05. The largest absolute Gasteiger partial charge is 0.372 e. The van der Waals surface area contributed by atoms with Crippen molar-refractivity contribution in [3.8, 4) is 0 Å². The lowest BCUT2D eigenvalue weighted by Crippen LogP contribution is -2.30. The molecule has 88 valence electrons. The normalized spacial score (nSPS) is 12.2. The Kier molecular flexibility index (Phi) is 4.99. The van der Waals surface area contributed by atoms with E-state index in [1.807, 2.05) is 45.0 Å². The fourth-order valence-corrected chi connectivity index (χ4v) is 1.63. The van der Waals surface area contributed by atoms with Crippen LogP contribution < -0.4 is 5.32 Å². The molecular weight excluding hydrogens is 202 g/mol. The van der Waals surface area contributed by atoms with Gasteiger partial charge in [0.05, 0.1) is 6.04 Å². The van der Waals surface area contributed by atoms with E-state index in [9.17, 15) is 4.79 Å². The van der Waals surface area contributed by atoms with Gasteiger partial charge in [0.25, 0.3) is 0 Å². The van der Waals surface area contributed by atoms with E-state index in [1.54, 1.807) is 0 Å². The van der Waals surface area contributed by atoms with Crippen LogP contribution in [0, 0.1) is 6.92 Å². The molecule has 0 saturated heterocycles. The summed E-state index contributed by atoms with van der Waals surface area (Å²) in [6, 6.07) is 8.07. The molecule has 0 unspecified atom stereocenters. The lowest BCUT2D eigenvalue weighted by molar-refractivity contribution is -0.126. The van der Waals surface area contributed by atoms with Crippen LogP contribution in [0.5, 0.6) is 0 Å². The lowest BCUT2D eigenvalue weighted by Gasteiger charge is -2.16. The predicted octanol–water partition coefficient (Wildman–Crippen LogP) is 2.21. The van der Waals surface area contributed by atoms with E-state index >= 15 is 0 Å². The number of amides is 1. The van der Waals surface area contributed by atoms with Crippen LogP contribution in [0.1, 0.15) is 31.0 Å². The van der Waals surface area contributed by atoms with Gasteiger partial charge in [-0.1, -0.05) is 24.3 Å². The minimum Gasteiger partial charge on any atom is -0.372 e. The molecular formula is C13H19NO2. The van der Waals surface area contributed by atoms with Gasteiger partial charge in [-0.2, -0.15) is 0 Å². The third kappa shape index (κ3) is 3.66. The summed E-state index contributed by atoms with van der Waals surface area (Å²) in [5, 5.41) is 2.91. The SMILES string of the molecule is CCOCC(=O)N[C@@H](C)c1ccccc1C. The summed E-state index contributed by atoms with van der Waals surface area (Å²) in [5.41, 5.74) is 2.33. The first-order valence-electron chi connectivity index (χ1n) is 5.57. The third-order valence-corrected chi connectivity index (χ3v) is 2.47. The van der Waals surface area contributed by atoms with Crippen molar-refractivity contribution >= 4 is 5.91 Å². The molecule has 16 heavy (non-hydrogen) atoms. The van der Waals surface area contributed by atoms with Crippen molar-refractivity contribution in [2.75, 3.05) is 13.2 Å². The molecule has 0 fully saturated rings. The molecule has 0 saturated carbocycles. The molecule has 0 heterocycles. The molecule has 1 aromatic carbocycles. The molecule has 0 bridgehead atoms. The van der Waals surface area contributed by atoms with Crippen LogP contribution in [0.2, 0.25) is 0 Å². The van der Waals surface area contributed by atoms with Crippen molar-refractivity contribution in [3.63, 3.8) is 0 Å². The van der Waals surface area contributed by atoms with Crippen LogP contribution in [-0.2, 0) is 9.53 Å². The van der Waals surface area contributed by atoms with Gasteiger partial charge in [0, 0.05) is 6.61 Å². The number of hydrogen-bond donors (Lipinski definition) is 1. The molecule has 3 heteroatoms. The molecule has 1 N–H and O–H groups in total. The van der Waals surface area contributed by atoms with E-state index in [0.29, 0.717) is 6.61 Å². The second-order valence-corrected chi connectivity index (χ2v) is 3.78. The van der Waals surface area contributed by atoms with E-state index in [4.69, 9.17) is 4.74 Å². The Labute approximate surface area is 96.8 Å². The van der Waals surface area contributed by atoms with Crippen molar-refractivity contribution in [1.82, 2.24) is 5.32 Å². The predicted molar refractivity (Wildman–Crippen MR) is 64.2 cm³/mol. The zero-order valence-corrected chi connectivity index (χ0v) is 10.1.